The van der Waals surface area contributed by atoms with Gasteiger partial charge in [-0.2, -0.15) is 5.10 Å². The van der Waals surface area contributed by atoms with Crippen molar-refractivity contribution in [1.82, 2.24) is 9.78 Å². The number of nitrogens with one attached hydrogen (secondary N) is 1. The standard InChI is InChI=1S/C11H19N3/c1-3-7-14-11(12-4-2)8-10(13-14)9-5-6-9/h8-9,12H,3-7H2,1-2H3. The van der Waals surface area contributed by atoms with Crippen LogP contribution in [0.3, 0.4) is 0 Å². The molecule has 1 aromatic heterocycles. The largest absolute Gasteiger partial charge is 0.371 e. The Hall–Kier alpha value is -0.990. The second-order valence-corrected chi connectivity index (χ2v) is 3.98. The molecular weight excluding hydrogens is 174 g/mol. The van der Waals surface area contributed by atoms with E-state index in [9.17, 15) is 0 Å². The van der Waals surface area contributed by atoms with E-state index in [1.165, 1.54) is 24.4 Å². The quantitative estimate of drug-likeness (QED) is 0.779. The minimum absolute atomic E-state index is 0.755. The highest BCUT2D eigenvalue weighted by Crippen LogP contribution is 2.40. The lowest BCUT2D eigenvalue weighted by atomic mass is 10.3. The molecule has 0 aromatic carbocycles. The molecule has 1 aliphatic rings. The summed E-state index contributed by atoms with van der Waals surface area (Å²) in [5, 5.41) is 8.00. The Morgan fingerprint density at radius 1 is 1.50 bits per heavy atom. The van der Waals surface area contributed by atoms with Crippen molar-refractivity contribution < 1.29 is 0 Å². The van der Waals surface area contributed by atoms with Crippen LogP contribution in [0.4, 0.5) is 5.82 Å². The second-order valence-electron chi connectivity index (χ2n) is 3.98. The average molecular weight is 193 g/mol. The van der Waals surface area contributed by atoms with E-state index >= 15 is 0 Å². The number of rotatable bonds is 5. The maximum Gasteiger partial charge on any atom is 0.124 e. The molecule has 0 atom stereocenters. The maximum absolute atomic E-state index is 4.63. The van der Waals surface area contributed by atoms with Crippen LogP contribution in [0.5, 0.6) is 0 Å². The highest BCUT2D eigenvalue weighted by atomic mass is 15.3. The van der Waals surface area contributed by atoms with Gasteiger partial charge in [-0.1, -0.05) is 6.92 Å². The van der Waals surface area contributed by atoms with Gasteiger partial charge < -0.3 is 5.32 Å². The van der Waals surface area contributed by atoms with Crippen LogP contribution in [0.2, 0.25) is 0 Å². The van der Waals surface area contributed by atoms with Gasteiger partial charge in [-0.15, -0.1) is 0 Å². The summed E-state index contributed by atoms with van der Waals surface area (Å²) < 4.78 is 2.11. The fourth-order valence-corrected chi connectivity index (χ4v) is 1.72. The summed E-state index contributed by atoms with van der Waals surface area (Å²) >= 11 is 0. The number of aryl methyl sites for hydroxylation is 1. The fraction of sp³-hybridized carbons (Fsp3) is 0.727. The van der Waals surface area contributed by atoms with E-state index in [1.54, 1.807) is 0 Å². The van der Waals surface area contributed by atoms with Crippen molar-refractivity contribution in [3.8, 4) is 0 Å². The molecule has 14 heavy (non-hydrogen) atoms. The zero-order valence-corrected chi connectivity index (χ0v) is 9.08. The van der Waals surface area contributed by atoms with Crippen LogP contribution < -0.4 is 5.32 Å². The van der Waals surface area contributed by atoms with Gasteiger partial charge in [-0.05, 0) is 26.2 Å². The normalized spacial score (nSPS) is 15.9. The topological polar surface area (TPSA) is 29.9 Å². The molecule has 1 N–H and O–H groups in total. The van der Waals surface area contributed by atoms with Crippen LogP contribution in [0.1, 0.15) is 44.7 Å². The highest BCUT2D eigenvalue weighted by Gasteiger charge is 2.27. The average Bonchev–Trinajstić information content (AvgIpc) is 2.94. The van der Waals surface area contributed by atoms with Crippen LogP contribution in [-0.2, 0) is 6.54 Å². The van der Waals surface area contributed by atoms with Crippen LogP contribution in [0, 0.1) is 0 Å². The molecule has 0 saturated heterocycles. The molecule has 0 unspecified atom stereocenters. The summed E-state index contributed by atoms with van der Waals surface area (Å²) in [4.78, 5) is 0. The van der Waals surface area contributed by atoms with Gasteiger partial charge in [0.05, 0.1) is 5.69 Å². The van der Waals surface area contributed by atoms with Crippen molar-refractivity contribution in [1.29, 1.82) is 0 Å². The first kappa shape index (κ1) is 9.56. The van der Waals surface area contributed by atoms with Gasteiger partial charge >= 0.3 is 0 Å². The molecule has 0 spiro atoms. The molecule has 1 aromatic rings. The van der Waals surface area contributed by atoms with Crippen molar-refractivity contribution in [3.05, 3.63) is 11.8 Å². The van der Waals surface area contributed by atoms with Gasteiger partial charge in [-0.25, -0.2) is 4.68 Å². The van der Waals surface area contributed by atoms with E-state index in [0.29, 0.717) is 0 Å². The number of hydrogen-bond donors (Lipinski definition) is 1. The van der Waals surface area contributed by atoms with Crippen LogP contribution in [0.15, 0.2) is 6.07 Å². The van der Waals surface area contributed by atoms with Gasteiger partial charge in [0.2, 0.25) is 0 Å². The lowest BCUT2D eigenvalue weighted by molar-refractivity contribution is 0.599. The van der Waals surface area contributed by atoms with E-state index in [0.717, 1.165) is 25.4 Å². The summed E-state index contributed by atoms with van der Waals surface area (Å²) in [6, 6.07) is 2.22. The predicted molar refractivity (Wildman–Crippen MR) is 58.7 cm³/mol. The zero-order chi connectivity index (χ0) is 9.97. The molecule has 1 heterocycles. The van der Waals surface area contributed by atoms with Crippen molar-refractivity contribution in [2.24, 2.45) is 0 Å². The third-order valence-corrected chi connectivity index (χ3v) is 2.59. The van der Waals surface area contributed by atoms with Crippen molar-refractivity contribution >= 4 is 5.82 Å². The Kier molecular flexibility index (Phi) is 2.75. The minimum Gasteiger partial charge on any atom is -0.371 e. The maximum atomic E-state index is 4.63. The molecule has 3 heteroatoms. The Morgan fingerprint density at radius 2 is 2.29 bits per heavy atom. The van der Waals surface area contributed by atoms with E-state index in [4.69, 9.17) is 0 Å². The molecular formula is C11H19N3. The van der Waals surface area contributed by atoms with E-state index in [2.05, 4.69) is 35.0 Å². The fourth-order valence-electron chi connectivity index (χ4n) is 1.72. The molecule has 78 valence electrons. The van der Waals surface area contributed by atoms with Crippen molar-refractivity contribution in [2.45, 2.75) is 45.6 Å². The summed E-state index contributed by atoms with van der Waals surface area (Å²) in [6.45, 7) is 6.31. The molecule has 0 bridgehead atoms. The first-order valence-electron chi connectivity index (χ1n) is 5.66. The number of nitrogens with zero attached hydrogens (tertiary/aromatic N) is 2. The monoisotopic (exact) mass is 193 g/mol. The predicted octanol–water partition coefficient (Wildman–Crippen LogP) is 2.60. The lowest BCUT2D eigenvalue weighted by Gasteiger charge is -2.05. The first-order chi connectivity index (χ1) is 6.85. The SMILES string of the molecule is CCCn1nc(C2CC2)cc1NCC. The molecule has 0 radical (unpaired) electrons. The Morgan fingerprint density at radius 3 is 2.86 bits per heavy atom. The molecule has 3 nitrogen and oxygen atoms in total. The minimum atomic E-state index is 0.755. The summed E-state index contributed by atoms with van der Waals surface area (Å²) in [5.74, 6) is 1.95. The number of aromatic nitrogens is 2. The van der Waals surface area contributed by atoms with Gasteiger partial charge in [0.25, 0.3) is 0 Å². The molecule has 0 amide bonds. The Balaban J connectivity index is 2.16. The third-order valence-electron chi connectivity index (χ3n) is 2.59. The molecule has 0 aliphatic heterocycles. The van der Waals surface area contributed by atoms with Gasteiger partial charge in [0.15, 0.2) is 0 Å². The van der Waals surface area contributed by atoms with Gasteiger partial charge in [0, 0.05) is 25.1 Å². The molecule has 1 saturated carbocycles. The van der Waals surface area contributed by atoms with E-state index in [1.807, 2.05) is 0 Å². The van der Waals surface area contributed by atoms with E-state index in [-0.39, 0.29) is 0 Å². The molecule has 2 rings (SSSR count). The highest BCUT2D eigenvalue weighted by molar-refractivity contribution is 5.39. The van der Waals surface area contributed by atoms with Crippen molar-refractivity contribution in [3.63, 3.8) is 0 Å². The van der Waals surface area contributed by atoms with Crippen LogP contribution in [-0.4, -0.2) is 16.3 Å². The number of hydrogen-bond acceptors (Lipinski definition) is 2. The second kappa shape index (κ2) is 4.03. The van der Waals surface area contributed by atoms with Crippen LogP contribution in [0.25, 0.3) is 0 Å². The first-order valence-corrected chi connectivity index (χ1v) is 5.66. The molecule has 1 fully saturated rings. The number of anilines is 1. The summed E-state index contributed by atoms with van der Waals surface area (Å²) in [6.07, 6.45) is 3.80. The third kappa shape index (κ3) is 1.91. The Labute approximate surface area is 85.5 Å². The summed E-state index contributed by atoms with van der Waals surface area (Å²) in [7, 11) is 0. The zero-order valence-electron chi connectivity index (χ0n) is 9.08. The Bertz CT molecular complexity index is 276. The molecule has 1 aliphatic carbocycles. The van der Waals surface area contributed by atoms with E-state index < -0.39 is 0 Å². The lowest BCUT2D eigenvalue weighted by Crippen LogP contribution is -2.07. The smallest absolute Gasteiger partial charge is 0.124 e. The summed E-state index contributed by atoms with van der Waals surface area (Å²) in [5.41, 5.74) is 1.29. The van der Waals surface area contributed by atoms with Crippen LogP contribution >= 0.6 is 0 Å². The van der Waals surface area contributed by atoms with Gasteiger partial charge in [0.1, 0.15) is 5.82 Å². The van der Waals surface area contributed by atoms with Crippen molar-refractivity contribution in [2.75, 3.05) is 11.9 Å². The van der Waals surface area contributed by atoms with Gasteiger partial charge in [-0.3, -0.25) is 0 Å².